The van der Waals surface area contributed by atoms with Crippen molar-refractivity contribution in [1.82, 2.24) is 0 Å². The van der Waals surface area contributed by atoms with Gasteiger partial charge in [-0.15, -0.1) is 0 Å². The predicted molar refractivity (Wildman–Crippen MR) is 206 cm³/mol. The highest BCUT2D eigenvalue weighted by molar-refractivity contribution is 5.78. The van der Waals surface area contributed by atoms with E-state index in [4.69, 9.17) is 0 Å². The molecular weight excluding hydrogens is 579 g/mol. The van der Waals surface area contributed by atoms with Crippen LogP contribution in [0.1, 0.15) is 44.9 Å². The van der Waals surface area contributed by atoms with Crippen molar-refractivity contribution in [1.29, 1.82) is 0 Å². The number of rotatable bonds is 10. The van der Waals surface area contributed by atoms with Crippen LogP contribution in [-0.4, -0.2) is 0 Å². The molecule has 0 radical (unpaired) electrons. The van der Waals surface area contributed by atoms with Gasteiger partial charge in [0, 0.05) is 23.0 Å². The molecule has 0 spiro atoms. The molecule has 7 aromatic rings. The lowest BCUT2D eigenvalue weighted by Crippen LogP contribution is -2.09. The average molecular weight is 616 g/mol. The molecule has 0 fully saturated rings. The van der Waals surface area contributed by atoms with Gasteiger partial charge in [-0.25, -0.2) is 0 Å². The van der Waals surface area contributed by atoms with E-state index < -0.39 is 0 Å². The second-order valence-electron chi connectivity index (χ2n) is 11.9. The van der Waals surface area contributed by atoms with Gasteiger partial charge in [0.1, 0.15) is 0 Å². The van der Waals surface area contributed by atoms with Gasteiger partial charge < -0.3 is 4.90 Å². The second-order valence-corrected chi connectivity index (χ2v) is 11.9. The smallest absolute Gasteiger partial charge is 0.0462 e. The number of anilines is 3. The largest absolute Gasteiger partial charge is 0.311 e. The predicted octanol–water partition coefficient (Wildman–Crippen LogP) is 12.7. The first kappa shape index (κ1) is 30.5. The third-order valence-electron chi connectivity index (χ3n) is 8.59. The van der Waals surface area contributed by atoms with E-state index in [0.717, 1.165) is 22.6 Å². The first-order valence-corrected chi connectivity index (χ1v) is 16.5. The van der Waals surface area contributed by atoms with Crippen molar-refractivity contribution in [3.05, 3.63) is 233 Å². The third-order valence-corrected chi connectivity index (χ3v) is 8.59. The minimum atomic E-state index is 0.210. The Balaban J connectivity index is 1.01. The van der Waals surface area contributed by atoms with Crippen LogP contribution >= 0.6 is 0 Å². The maximum absolute atomic E-state index is 2.28. The van der Waals surface area contributed by atoms with Gasteiger partial charge in [0.05, 0.1) is 0 Å². The summed E-state index contributed by atoms with van der Waals surface area (Å²) in [6, 6.07) is 68.8. The van der Waals surface area contributed by atoms with Gasteiger partial charge in [-0.05, 0) is 75.3 Å². The van der Waals surface area contributed by atoms with E-state index in [9.17, 15) is 0 Å². The number of benzene rings is 7. The van der Waals surface area contributed by atoms with E-state index >= 15 is 0 Å². The van der Waals surface area contributed by atoms with Gasteiger partial charge in [0.15, 0.2) is 0 Å². The summed E-state index contributed by atoms with van der Waals surface area (Å²) >= 11 is 0. The Bertz CT molecular complexity index is 1830. The van der Waals surface area contributed by atoms with Gasteiger partial charge in [-0.1, -0.05) is 182 Å². The third kappa shape index (κ3) is 7.44. The molecule has 0 unspecified atom stereocenters. The molecular formula is C47H37N. The van der Waals surface area contributed by atoms with Crippen LogP contribution in [0.2, 0.25) is 0 Å². The van der Waals surface area contributed by atoms with E-state index in [1.54, 1.807) is 0 Å². The minimum absolute atomic E-state index is 0.210. The Morgan fingerprint density at radius 1 is 0.271 bits per heavy atom. The zero-order valence-electron chi connectivity index (χ0n) is 26.8. The fourth-order valence-corrected chi connectivity index (χ4v) is 6.11. The van der Waals surface area contributed by atoms with Crippen molar-refractivity contribution >= 4 is 41.4 Å². The first-order chi connectivity index (χ1) is 23.8. The maximum atomic E-state index is 2.28. The van der Waals surface area contributed by atoms with Crippen LogP contribution in [0.3, 0.4) is 0 Å². The molecule has 1 heteroatoms. The number of hydrogen-bond donors (Lipinski definition) is 0. The fraction of sp³-hybridized carbons (Fsp3) is 0.0213. The van der Waals surface area contributed by atoms with E-state index in [0.29, 0.717) is 0 Å². The zero-order valence-corrected chi connectivity index (χ0v) is 26.8. The molecule has 0 atom stereocenters. The van der Waals surface area contributed by atoms with Crippen LogP contribution in [0, 0.1) is 0 Å². The Morgan fingerprint density at radius 3 is 0.917 bits per heavy atom. The summed E-state index contributed by atoms with van der Waals surface area (Å²) in [5.41, 5.74) is 12.0. The SMILES string of the molecule is C(=C\c1ccc(C(c2ccccc2)c2ccccc2)cc1)/c1ccc(/C=C/c2ccc(N(c3ccccc3)c3ccccc3)cc2)cc1. The van der Waals surface area contributed by atoms with Gasteiger partial charge in [0.2, 0.25) is 0 Å². The van der Waals surface area contributed by atoms with Crippen molar-refractivity contribution in [2.24, 2.45) is 0 Å². The molecule has 230 valence electrons. The fourth-order valence-electron chi connectivity index (χ4n) is 6.11. The molecule has 1 nitrogen and oxygen atoms in total. The Labute approximate surface area is 284 Å². The minimum Gasteiger partial charge on any atom is -0.311 e. The topological polar surface area (TPSA) is 3.24 Å². The molecule has 48 heavy (non-hydrogen) atoms. The Morgan fingerprint density at radius 2 is 0.542 bits per heavy atom. The molecule has 7 rings (SSSR count). The molecule has 0 heterocycles. The standard InChI is InChI=1S/C47H37N/c1-5-13-41(14-6-1)47(42-15-7-2-8-16-42)43-33-29-39(30-34-43)27-25-37-21-23-38(24-22-37)26-28-40-31-35-46(36-32-40)48(44-17-9-3-10-18-44)45-19-11-4-12-20-45/h1-36,47H/b27-25+,28-26+. The van der Waals surface area contributed by atoms with Gasteiger partial charge in [-0.2, -0.15) is 0 Å². The normalized spacial score (nSPS) is 11.4. The van der Waals surface area contributed by atoms with Crippen molar-refractivity contribution in [2.75, 3.05) is 4.90 Å². The van der Waals surface area contributed by atoms with E-state index in [1.165, 1.54) is 33.4 Å². The summed E-state index contributed by atoms with van der Waals surface area (Å²) in [7, 11) is 0. The molecule has 0 bridgehead atoms. The maximum Gasteiger partial charge on any atom is 0.0462 e. The lowest BCUT2D eigenvalue weighted by Gasteiger charge is -2.25. The van der Waals surface area contributed by atoms with Gasteiger partial charge in [-0.3, -0.25) is 0 Å². The molecule has 0 amide bonds. The quantitative estimate of drug-likeness (QED) is 0.109. The zero-order chi connectivity index (χ0) is 32.4. The number of hydrogen-bond acceptors (Lipinski definition) is 1. The molecule has 0 saturated carbocycles. The molecule has 0 aliphatic carbocycles. The summed E-state index contributed by atoms with van der Waals surface area (Å²) in [6.45, 7) is 0. The first-order valence-electron chi connectivity index (χ1n) is 16.5. The summed E-state index contributed by atoms with van der Waals surface area (Å²) in [4.78, 5) is 2.28. The number of nitrogens with zero attached hydrogens (tertiary/aromatic N) is 1. The van der Waals surface area contributed by atoms with E-state index in [1.807, 2.05) is 0 Å². The van der Waals surface area contributed by atoms with E-state index in [-0.39, 0.29) is 5.92 Å². The van der Waals surface area contributed by atoms with E-state index in [2.05, 4.69) is 223 Å². The Kier molecular flexibility index (Phi) is 9.48. The van der Waals surface area contributed by atoms with Crippen LogP contribution in [0.4, 0.5) is 17.1 Å². The van der Waals surface area contributed by atoms with Crippen LogP contribution in [0.15, 0.2) is 194 Å². The van der Waals surface area contributed by atoms with Crippen LogP contribution in [-0.2, 0) is 0 Å². The molecule has 0 aliphatic rings. The average Bonchev–Trinajstić information content (AvgIpc) is 3.17. The summed E-state index contributed by atoms with van der Waals surface area (Å²) in [5.74, 6) is 0.210. The lowest BCUT2D eigenvalue weighted by atomic mass is 9.85. The van der Waals surface area contributed by atoms with Crippen LogP contribution < -0.4 is 4.90 Å². The summed E-state index contributed by atoms with van der Waals surface area (Å²) in [5, 5.41) is 0. The van der Waals surface area contributed by atoms with Crippen LogP contribution in [0.5, 0.6) is 0 Å². The van der Waals surface area contributed by atoms with Crippen LogP contribution in [0.25, 0.3) is 24.3 Å². The molecule has 7 aromatic carbocycles. The second kappa shape index (κ2) is 14.9. The number of para-hydroxylation sites is 2. The van der Waals surface area contributed by atoms with Gasteiger partial charge >= 0.3 is 0 Å². The van der Waals surface area contributed by atoms with Crippen molar-refractivity contribution < 1.29 is 0 Å². The summed E-state index contributed by atoms with van der Waals surface area (Å²) in [6.07, 6.45) is 8.70. The molecule has 0 aliphatic heterocycles. The van der Waals surface area contributed by atoms with Gasteiger partial charge in [0.25, 0.3) is 0 Å². The van der Waals surface area contributed by atoms with Crippen molar-refractivity contribution in [3.63, 3.8) is 0 Å². The lowest BCUT2D eigenvalue weighted by molar-refractivity contribution is 0.977. The molecule has 0 aromatic heterocycles. The monoisotopic (exact) mass is 615 g/mol. The van der Waals surface area contributed by atoms with Crippen molar-refractivity contribution in [2.45, 2.75) is 5.92 Å². The Hall–Kier alpha value is -6.18. The summed E-state index contributed by atoms with van der Waals surface area (Å²) < 4.78 is 0. The molecule has 0 N–H and O–H groups in total. The highest BCUT2D eigenvalue weighted by atomic mass is 15.1. The highest BCUT2D eigenvalue weighted by Crippen LogP contribution is 2.35. The van der Waals surface area contributed by atoms with Crippen molar-refractivity contribution in [3.8, 4) is 0 Å². The molecule has 0 saturated heterocycles. The highest BCUT2D eigenvalue weighted by Gasteiger charge is 2.16.